The van der Waals surface area contributed by atoms with Crippen LogP contribution in [-0.4, -0.2) is 34.6 Å². The zero-order valence-electron chi connectivity index (χ0n) is 12.2. The molecule has 1 unspecified atom stereocenters. The lowest BCUT2D eigenvalue weighted by Gasteiger charge is -2.30. The van der Waals surface area contributed by atoms with Crippen LogP contribution in [-0.2, 0) is 0 Å². The summed E-state index contributed by atoms with van der Waals surface area (Å²) in [7, 11) is 0. The molecule has 1 aromatic heterocycles. The van der Waals surface area contributed by atoms with Gasteiger partial charge in [-0.05, 0) is 40.5 Å². The Morgan fingerprint density at radius 2 is 2.16 bits per heavy atom. The van der Waals surface area contributed by atoms with Crippen LogP contribution in [0.2, 0.25) is 0 Å². The lowest BCUT2D eigenvalue weighted by atomic mass is 10.1. The molecule has 0 spiro atoms. The summed E-state index contributed by atoms with van der Waals surface area (Å²) in [6.45, 7) is 9.82. The van der Waals surface area contributed by atoms with Crippen LogP contribution in [0.1, 0.15) is 39.3 Å². The van der Waals surface area contributed by atoms with Crippen LogP contribution in [0.4, 0.5) is 10.2 Å². The van der Waals surface area contributed by atoms with Crippen LogP contribution < -0.4 is 10.2 Å². The highest BCUT2D eigenvalue weighted by atomic mass is 19.1. The number of aryl methyl sites for hydroxylation is 1. The van der Waals surface area contributed by atoms with E-state index in [0.29, 0.717) is 17.6 Å². The molecule has 1 aliphatic rings. The van der Waals surface area contributed by atoms with E-state index in [9.17, 15) is 4.39 Å². The summed E-state index contributed by atoms with van der Waals surface area (Å²) >= 11 is 0. The number of hydrogen-bond acceptors (Lipinski definition) is 4. The van der Waals surface area contributed by atoms with Gasteiger partial charge >= 0.3 is 0 Å². The minimum Gasteiger partial charge on any atom is -0.350 e. The second-order valence-electron chi connectivity index (χ2n) is 6.22. The minimum atomic E-state index is -0.287. The van der Waals surface area contributed by atoms with Crippen LogP contribution in [0, 0.1) is 12.7 Å². The van der Waals surface area contributed by atoms with Crippen molar-refractivity contribution in [3.63, 3.8) is 0 Å². The zero-order valence-corrected chi connectivity index (χ0v) is 12.2. The van der Waals surface area contributed by atoms with Crippen LogP contribution in [0.25, 0.3) is 0 Å². The molecule has 2 heterocycles. The molecule has 1 saturated heterocycles. The highest BCUT2D eigenvalue weighted by molar-refractivity contribution is 5.43. The van der Waals surface area contributed by atoms with Gasteiger partial charge in [-0.3, -0.25) is 0 Å². The molecule has 0 saturated carbocycles. The standard InChI is InChI=1S/C14H23FN4/c1-10-12(15)13(17-9-16-10)19-7-5-6-11(19)8-18-14(2,3)4/h9,11,18H,5-8H2,1-4H3. The highest BCUT2D eigenvalue weighted by Gasteiger charge is 2.29. The third-order valence-electron chi connectivity index (χ3n) is 3.46. The fraction of sp³-hybridized carbons (Fsp3) is 0.714. The molecule has 0 amide bonds. The Kier molecular flexibility index (Phi) is 4.04. The number of rotatable bonds is 3. The molecule has 0 aromatic carbocycles. The van der Waals surface area contributed by atoms with E-state index in [1.807, 2.05) is 0 Å². The van der Waals surface area contributed by atoms with Gasteiger partial charge in [-0.25, -0.2) is 14.4 Å². The van der Waals surface area contributed by atoms with Gasteiger partial charge in [0.2, 0.25) is 0 Å². The van der Waals surface area contributed by atoms with Gasteiger partial charge in [0.05, 0.1) is 5.69 Å². The average molecular weight is 266 g/mol. The van der Waals surface area contributed by atoms with Gasteiger partial charge in [0.15, 0.2) is 11.6 Å². The summed E-state index contributed by atoms with van der Waals surface area (Å²) in [5.41, 5.74) is 0.494. The van der Waals surface area contributed by atoms with Crippen molar-refractivity contribution in [1.82, 2.24) is 15.3 Å². The Balaban J connectivity index is 2.12. The van der Waals surface area contributed by atoms with Crippen LogP contribution in [0.3, 0.4) is 0 Å². The minimum absolute atomic E-state index is 0.0778. The second-order valence-corrected chi connectivity index (χ2v) is 6.22. The van der Waals surface area contributed by atoms with Gasteiger partial charge in [-0.1, -0.05) is 0 Å². The Bertz CT molecular complexity index is 442. The van der Waals surface area contributed by atoms with Gasteiger partial charge in [0.1, 0.15) is 6.33 Å². The molecule has 5 heteroatoms. The lowest BCUT2D eigenvalue weighted by molar-refractivity contribution is 0.403. The van der Waals surface area contributed by atoms with Crippen LogP contribution in [0.15, 0.2) is 6.33 Å². The van der Waals surface area contributed by atoms with E-state index < -0.39 is 0 Å². The summed E-state index contributed by atoms with van der Waals surface area (Å²) < 4.78 is 14.1. The summed E-state index contributed by atoms with van der Waals surface area (Å²) in [5.74, 6) is 0.163. The fourth-order valence-electron chi connectivity index (χ4n) is 2.40. The van der Waals surface area contributed by atoms with E-state index in [-0.39, 0.29) is 11.4 Å². The number of nitrogens with one attached hydrogen (secondary N) is 1. The normalized spacial score (nSPS) is 20.1. The Labute approximate surface area is 114 Å². The number of aromatic nitrogens is 2. The van der Waals surface area contributed by atoms with Crippen molar-refractivity contribution in [3.05, 3.63) is 17.8 Å². The second kappa shape index (κ2) is 5.41. The lowest BCUT2D eigenvalue weighted by Crippen LogP contribution is -2.45. The predicted octanol–water partition coefficient (Wildman–Crippen LogP) is 2.28. The van der Waals surface area contributed by atoms with Crippen LogP contribution >= 0.6 is 0 Å². The number of halogens is 1. The molecule has 1 aliphatic heterocycles. The molecule has 1 atom stereocenters. The summed E-state index contributed by atoms with van der Waals surface area (Å²) in [4.78, 5) is 10.1. The van der Waals surface area contributed by atoms with Crippen molar-refractivity contribution in [2.45, 2.75) is 52.1 Å². The molecule has 4 nitrogen and oxygen atoms in total. The molecule has 0 radical (unpaired) electrons. The summed E-state index contributed by atoms with van der Waals surface area (Å²) in [6, 6.07) is 0.308. The molecule has 19 heavy (non-hydrogen) atoms. The molecule has 1 fully saturated rings. The number of nitrogens with zero attached hydrogens (tertiary/aromatic N) is 3. The molecular weight excluding hydrogens is 243 g/mol. The largest absolute Gasteiger partial charge is 0.350 e. The number of anilines is 1. The molecule has 1 N–H and O–H groups in total. The van der Waals surface area contributed by atoms with E-state index in [0.717, 1.165) is 25.9 Å². The summed E-state index contributed by atoms with van der Waals surface area (Å²) in [6.07, 6.45) is 3.60. The van der Waals surface area contributed by atoms with Crippen molar-refractivity contribution < 1.29 is 4.39 Å². The van der Waals surface area contributed by atoms with Crippen molar-refractivity contribution in [2.75, 3.05) is 18.0 Å². The van der Waals surface area contributed by atoms with Crippen LogP contribution in [0.5, 0.6) is 0 Å². The highest BCUT2D eigenvalue weighted by Crippen LogP contribution is 2.26. The van der Waals surface area contributed by atoms with Gasteiger partial charge < -0.3 is 10.2 Å². The van der Waals surface area contributed by atoms with E-state index in [1.165, 1.54) is 6.33 Å². The molecule has 2 rings (SSSR count). The predicted molar refractivity (Wildman–Crippen MR) is 74.9 cm³/mol. The Morgan fingerprint density at radius 3 is 2.84 bits per heavy atom. The van der Waals surface area contributed by atoms with Crippen molar-refractivity contribution in [1.29, 1.82) is 0 Å². The molecule has 0 aliphatic carbocycles. The smallest absolute Gasteiger partial charge is 0.186 e. The van der Waals surface area contributed by atoms with Gasteiger partial charge in [0, 0.05) is 24.7 Å². The van der Waals surface area contributed by atoms with Gasteiger partial charge in [0.25, 0.3) is 0 Å². The fourth-order valence-corrected chi connectivity index (χ4v) is 2.40. The molecule has 0 bridgehead atoms. The maximum absolute atomic E-state index is 14.1. The average Bonchev–Trinajstić information content (AvgIpc) is 2.77. The monoisotopic (exact) mass is 266 g/mol. The van der Waals surface area contributed by atoms with E-state index in [2.05, 4.69) is 41.0 Å². The molecular formula is C14H23FN4. The maximum atomic E-state index is 14.1. The zero-order chi connectivity index (χ0) is 14.0. The Hall–Kier alpha value is -1.23. The van der Waals surface area contributed by atoms with E-state index in [1.54, 1.807) is 6.92 Å². The first-order valence-electron chi connectivity index (χ1n) is 6.87. The van der Waals surface area contributed by atoms with Crippen molar-refractivity contribution in [2.24, 2.45) is 0 Å². The van der Waals surface area contributed by atoms with Gasteiger partial charge in [-0.15, -0.1) is 0 Å². The SMILES string of the molecule is Cc1ncnc(N2CCCC2CNC(C)(C)C)c1F. The molecule has 1 aromatic rings. The maximum Gasteiger partial charge on any atom is 0.186 e. The van der Waals surface area contributed by atoms with Gasteiger partial charge in [-0.2, -0.15) is 0 Å². The molecule has 106 valence electrons. The van der Waals surface area contributed by atoms with E-state index in [4.69, 9.17) is 0 Å². The third-order valence-corrected chi connectivity index (χ3v) is 3.46. The number of hydrogen-bond donors (Lipinski definition) is 1. The summed E-state index contributed by atoms with van der Waals surface area (Å²) in [5, 5.41) is 3.49. The van der Waals surface area contributed by atoms with E-state index >= 15 is 0 Å². The topological polar surface area (TPSA) is 41.1 Å². The third kappa shape index (κ3) is 3.41. The first-order valence-corrected chi connectivity index (χ1v) is 6.87. The van der Waals surface area contributed by atoms with Crippen molar-refractivity contribution in [3.8, 4) is 0 Å². The first kappa shape index (κ1) is 14.2. The first-order chi connectivity index (χ1) is 8.88. The van der Waals surface area contributed by atoms with Crippen molar-refractivity contribution >= 4 is 5.82 Å². The Morgan fingerprint density at radius 1 is 1.42 bits per heavy atom. The quantitative estimate of drug-likeness (QED) is 0.911.